The molecule has 2 nitrogen and oxygen atoms in total. The Balaban J connectivity index is 2.37. The Labute approximate surface area is 59.8 Å². The predicted octanol–water partition coefficient (Wildman–Crippen LogP) is 0.928. The van der Waals surface area contributed by atoms with Crippen molar-refractivity contribution in [3.8, 4) is 0 Å². The number of halogens is 1. The first-order valence-electron chi connectivity index (χ1n) is 3.00. The topological polar surface area (TPSA) is 29.5 Å². The van der Waals surface area contributed by atoms with Gasteiger partial charge in [0.25, 0.3) is 0 Å². The zero-order valence-corrected chi connectivity index (χ0v) is 5.90. The molecule has 1 radical (unpaired) electrons. The van der Waals surface area contributed by atoms with Crippen LogP contribution in [0.25, 0.3) is 0 Å². The van der Waals surface area contributed by atoms with Gasteiger partial charge in [0.05, 0.1) is 24.7 Å². The van der Waals surface area contributed by atoms with Crippen LogP contribution < -0.4 is 0 Å². The van der Waals surface area contributed by atoms with Gasteiger partial charge >= 0.3 is 0 Å². The summed E-state index contributed by atoms with van der Waals surface area (Å²) in [7, 11) is 0. The zero-order valence-electron chi connectivity index (χ0n) is 5.14. The van der Waals surface area contributed by atoms with Crippen molar-refractivity contribution < 1.29 is 9.84 Å². The molecule has 0 aromatic rings. The van der Waals surface area contributed by atoms with Crippen LogP contribution in [-0.4, -0.2) is 23.2 Å². The third-order valence-corrected chi connectivity index (χ3v) is 1.87. The highest BCUT2D eigenvalue weighted by Gasteiger charge is 2.29. The molecule has 0 aromatic carbocycles. The number of aliphatic hydroxyl groups excluding tert-OH is 1. The molecule has 1 saturated heterocycles. The molecular formula is C6H10ClO2. The molecule has 0 amide bonds. The molecular weight excluding hydrogens is 140 g/mol. The standard InChI is InChI=1S/C6H10ClO2/c7-6(4-8)2-1-3-9-5-6/h3,8H,1-2,4-5H2. The first kappa shape index (κ1) is 7.32. The summed E-state index contributed by atoms with van der Waals surface area (Å²) < 4.78 is 4.96. The lowest BCUT2D eigenvalue weighted by Crippen LogP contribution is -2.35. The summed E-state index contributed by atoms with van der Waals surface area (Å²) >= 11 is 5.86. The van der Waals surface area contributed by atoms with E-state index >= 15 is 0 Å². The lowest BCUT2D eigenvalue weighted by atomic mass is 10.0. The minimum Gasteiger partial charge on any atom is -0.394 e. The maximum atomic E-state index is 8.72. The maximum absolute atomic E-state index is 8.72. The van der Waals surface area contributed by atoms with E-state index in [4.69, 9.17) is 21.4 Å². The molecule has 0 spiro atoms. The van der Waals surface area contributed by atoms with Crippen molar-refractivity contribution in [1.82, 2.24) is 0 Å². The smallest absolute Gasteiger partial charge is 0.0910 e. The molecule has 1 atom stereocenters. The molecule has 0 aromatic heterocycles. The van der Waals surface area contributed by atoms with E-state index in [1.165, 1.54) is 0 Å². The molecule has 53 valence electrons. The monoisotopic (exact) mass is 149 g/mol. The molecule has 1 fully saturated rings. The quantitative estimate of drug-likeness (QED) is 0.562. The van der Waals surface area contributed by atoms with Gasteiger partial charge in [0, 0.05) is 0 Å². The molecule has 9 heavy (non-hydrogen) atoms. The molecule has 0 saturated carbocycles. The summed E-state index contributed by atoms with van der Waals surface area (Å²) in [6, 6.07) is 0. The third kappa shape index (κ3) is 1.81. The molecule has 0 bridgehead atoms. The number of ether oxygens (including phenoxy) is 1. The number of alkyl halides is 1. The fourth-order valence-electron chi connectivity index (χ4n) is 0.806. The van der Waals surface area contributed by atoms with E-state index in [1.54, 1.807) is 6.61 Å². The van der Waals surface area contributed by atoms with Crippen LogP contribution in [0, 0.1) is 6.61 Å². The molecule has 1 N–H and O–H groups in total. The Morgan fingerprint density at radius 1 is 1.78 bits per heavy atom. The Morgan fingerprint density at radius 3 is 2.89 bits per heavy atom. The van der Waals surface area contributed by atoms with E-state index < -0.39 is 4.87 Å². The molecule has 1 aliphatic heterocycles. The summed E-state index contributed by atoms with van der Waals surface area (Å²) in [5, 5.41) is 8.72. The van der Waals surface area contributed by atoms with E-state index in [9.17, 15) is 0 Å². The SMILES string of the molecule is OCC1(Cl)CC[CH]OC1. The van der Waals surface area contributed by atoms with Crippen LogP contribution in [0.4, 0.5) is 0 Å². The van der Waals surface area contributed by atoms with Crippen LogP contribution in [0.3, 0.4) is 0 Å². The molecule has 1 aliphatic rings. The summed E-state index contributed by atoms with van der Waals surface area (Å²) in [6.45, 7) is 2.17. The van der Waals surface area contributed by atoms with E-state index in [0.29, 0.717) is 6.61 Å². The Kier molecular flexibility index (Phi) is 2.33. The minimum absolute atomic E-state index is 0.00238. The van der Waals surface area contributed by atoms with Crippen LogP contribution in [0.15, 0.2) is 0 Å². The lowest BCUT2D eigenvalue weighted by molar-refractivity contribution is 0.0860. The van der Waals surface area contributed by atoms with Crippen molar-refractivity contribution in [3.05, 3.63) is 6.61 Å². The number of rotatable bonds is 1. The molecule has 3 heteroatoms. The van der Waals surface area contributed by atoms with Crippen molar-refractivity contribution in [2.24, 2.45) is 0 Å². The number of hydrogen-bond acceptors (Lipinski definition) is 2. The highest BCUT2D eigenvalue weighted by Crippen LogP contribution is 2.26. The summed E-state index contributed by atoms with van der Waals surface area (Å²) in [5.74, 6) is 0. The van der Waals surface area contributed by atoms with Crippen molar-refractivity contribution in [1.29, 1.82) is 0 Å². The summed E-state index contributed by atoms with van der Waals surface area (Å²) in [4.78, 5) is -0.505. The Morgan fingerprint density at radius 2 is 2.56 bits per heavy atom. The van der Waals surface area contributed by atoms with Crippen LogP contribution in [0.1, 0.15) is 12.8 Å². The normalized spacial score (nSPS) is 36.7. The van der Waals surface area contributed by atoms with Gasteiger partial charge < -0.3 is 9.84 Å². The molecule has 1 heterocycles. The van der Waals surface area contributed by atoms with E-state index in [2.05, 4.69) is 0 Å². The first-order valence-corrected chi connectivity index (χ1v) is 3.38. The number of aliphatic hydroxyl groups is 1. The van der Waals surface area contributed by atoms with Crippen molar-refractivity contribution in [3.63, 3.8) is 0 Å². The van der Waals surface area contributed by atoms with Gasteiger partial charge in [0.1, 0.15) is 0 Å². The van der Waals surface area contributed by atoms with Gasteiger partial charge in [-0.1, -0.05) is 0 Å². The van der Waals surface area contributed by atoms with Crippen LogP contribution in [0.5, 0.6) is 0 Å². The van der Waals surface area contributed by atoms with E-state index in [1.807, 2.05) is 0 Å². The average molecular weight is 150 g/mol. The lowest BCUT2D eigenvalue weighted by Gasteiger charge is -2.28. The van der Waals surface area contributed by atoms with Crippen molar-refractivity contribution in [2.75, 3.05) is 13.2 Å². The van der Waals surface area contributed by atoms with Crippen molar-refractivity contribution in [2.45, 2.75) is 17.7 Å². The van der Waals surface area contributed by atoms with Crippen molar-refractivity contribution >= 4 is 11.6 Å². The first-order chi connectivity index (χ1) is 4.27. The molecule has 1 unspecified atom stereocenters. The van der Waals surface area contributed by atoms with Gasteiger partial charge in [-0.15, -0.1) is 11.6 Å². The Hall–Kier alpha value is 0.210. The van der Waals surface area contributed by atoms with Gasteiger partial charge in [0.2, 0.25) is 0 Å². The predicted molar refractivity (Wildman–Crippen MR) is 35.2 cm³/mol. The Bertz CT molecular complexity index is 89.1. The third-order valence-electron chi connectivity index (χ3n) is 1.45. The summed E-state index contributed by atoms with van der Waals surface area (Å²) in [6.07, 6.45) is 1.65. The van der Waals surface area contributed by atoms with Gasteiger partial charge in [-0.3, -0.25) is 0 Å². The fourth-order valence-corrected chi connectivity index (χ4v) is 0.978. The maximum Gasteiger partial charge on any atom is 0.0910 e. The highest BCUT2D eigenvalue weighted by atomic mass is 35.5. The van der Waals surface area contributed by atoms with E-state index in [-0.39, 0.29) is 6.61 Å². The molecule has 1 rings (SSSR count). The minimum atomic E-state index is -0.505. The van der Waals surface area contributed by atoms with Gasteiger partial charge in [-0.2, -0.15) is 0 Å². The fraction of sp³-hybridized carbons (Fsp3) is 0.833. The summed E-state index contributed by atoms with van der Waals surface area (Å²) in [5.41, 5.74) is 0. The van der Waals surface area contributed by atoms with Gasteiger partial charge in [-0.25, -0.2) is 0 Å². The molecule has 0 aliphatic carbocycles. The zero-order chi connectivity index (χ0) is 6.74. The van der Waals surface area contributed by atoms with Crippen LogP contribution in [-0.2, 0) is 4.74 Å². The largest absolute Gasteiger partial charge is 0.394 e. The van der Waals surface area contributed by atoms with Crippen LogP contribution >= 0.6 is 11.6 Å². The second-order valence-electron chi connectivity index (χ2n) is 2.33. The number of hydrogen-bond donors (Lipinski definition) is 1. The second kappa shape index (κ2) is 2.86. The second-order valence-corrected chi connectivity index (χ2v) is 3.13. The van der Waals surface area contributed by atoms with Crippen LogP contribution in [0.2, 0.25) is 0 Å². The van der Waals surface area contributed by atoms with Gasteiger partial charge in [-0.05, 0) is 12.8 Å². The van der Waals surface area contributed by atoms with Gasteiger partial charge in [0.15, 0.2) is 0 Å². The van der Waals surface area contributed by atoms with E-state index in [0.717, 1.165) is 12.8 Å². The highest BCUT2D eigenvalue weighted by molar-refractivity contribution is 6.24. The average Bonchev–Trinajstić information content (AvgIpc) is 1.90.